The second-order valence-corrected chi connectivity index (χ2v) is 17.2. The normalized spacial score (nSPS) is 16.5. The van der Waals surface area contributed by atoms with Crippen LogP contribution < -0.4 is 15.4 Å². The second kappa shape index (κ2) is 23.0. The molecule has 4 aromatic carbocycles. The summed E-state index contributed by atoms with van der Waals surface area (Å²) in [6.45, 7) is 4.50. The van der Waals surface area contributed by atoms with Crippen LogP contribution in [0, 0.1) is 12.8 Å². The lowest BCUT2D eigenvalue weighted by Crippen LogP contribution is -2.47. The van der Waals surface area contributed by atoms with E-state index < -0.39 is 29.9 Å². The minimum atomic E-state index is -4.45. The number of ether oxygens (including phenoxy) is 1. The Labute approximate surface area is 357 Å². The van der Waals surface area contributed by atoms with E-state index in [0.29, 0.717) is 37.5 Å². The molecule has 12 heteroatoms. The Balaban J connectivity index is 1.05. The molecule has 0 bridgehead atoms. The summed E-state index contributed by atoms with van der Waals surface area (Å²) in [4.78, 5) is 40.7. The minimum absolute atomic E-state index is 0.0172. The van der Waals surface area contributed by atoms with Crippen molar-refractivity contribution in [2.45, 2.75) is 120 Å². The van der Waals surface area contributed by atoms with E-state index in [-0.39, 0.29) is 24.8 Å². The molecule has 2 unspecified atom stereocenters. The molecule has 2 atom stereocenters. The lowest BCUT2D eigenvalue weighted by atomic mass is 9.85. The Morgan fingerprint density at radius 1 is 0.733 bits per heavy atom. The molecule has 4 aromatic rings. The van der Waals surface area contributed by atoms with Gasteiger partial charge in [-0.05, 0) is 123 Å². The standard InChI is InChI=1S/C48H58F3N3O5S/c1-35-12-24-43(25-13-35)60-54-32-29-41(30-33-54)53-47(56)45(27-18-36-8-4-2-5-9-36)59-58-44(26-19-37-14-20-40(21-15-37)48(49,50)51)46(55)52-31-28-38-16-22-42(23-17-38)57-34-39-10-6-3-7-11-39/h3,6-7,10-17,20-25,36,41,44-45H,2,4-5,8-9,18-19,26-34H2,1H3,(H,52,55)(H,53,56). The molecule has 0 aromatic heterocycles. The molecule has 60 heavy (non-hydrogen) atoms. The van der Waals surface area contributed by atoms with Gasteiger partial charge in [0, 0.05) is 30.6 Å². The number of carbonyl (C=O) groups excluding carboxylic acids is 2. The first-order valence-corrected chi connectivity index (χ1v) is 22.2. The van der Waals surface area contributed by atoms with Crippen LogP contribution in [0.4, 0.5) is 13.2 Å². The van der Waals surface area contributed by atoms with Gasteiger partial charge in [-0.15, -0.1) is 0 Å². The number of nitrogens with zero attached hydrogens (tertiary/aromatic N) is 1. The number of hydrogen-bond acceptors (Lipinski definition) is 7. The van der Waals surface area contributed by atoms with Gasteiger partial charge in [-0.2, -0.15) is 13.2 Å². The van der Waals surface area contributed by atoms with Gasteiger partial charge in [0.15, 0.2) is 12.2 Å². The van der Waals surface area contributed by atoms with Crippen molar-refractivity contribution in [3.05, 3.63) is 131 Å². The average molecular weight is 846 g/mol. The molecule has 2 fully saturated rings. The molecule has 1 saturated heterocycles. The van der Waals surface area contributed by atoms with E-state index >= 15 is 0 Å². The number of carbonyl (C=O) groups is 2. The van der Waals surface area contributed by atoms with E-state index in [1.54, 1.807) is 11.9 Å². The highest BCUT2D eigenvalue weighted by Crippen LogP contribution is 2.31. The maximum atomic E-state index is 13.9. The van der Waals surface area contributed by atoms with Gasteiger partial charge in [0.05, 0.1) is 5.56 Å². The quantitative estimate of drug-likeness (QED) is 0.0520. The third-order valence-corrected chi connectivity index (χ3v) is 12.5. The molecule has 2 N–H and O–H groups in total. The maximum Gasteiger partial charge on any atom is 0.416 e. The predicted octanol–water partition coefficient (Wildman–Crippen LogP) is 10.2. The number of nitrogens with one attached hydrogen (secondary N) is 2. The van der Waals surface area contributed by atoms with E-state index in [4.69, 9.17) is 14.5 Å². The van der Waals surface area contributed by atoms with Gasteiger partial charge in [-0.3, -0.25) is 9.59 Å². The van der Waals surface area contributed by atoms with Gasteiger partial charge in [0.1, 0.15) is 12.4 Å². The van der Waals surface area contributed by atoms with Crippen molar-refractivity contribution in [1.29, 1.82) is 0 Å². The van der Waals surface area contributed by atoms with Crippen LogP contribution in [-0.2, 0) is 45.0 Å². The number of hydrogen-bond donors (Lipinski definition) is 2. The van der Waals surface area contributed by atoms with E-state index in [2.05, 4.69) is 46.1 Å². The van der Waals surface area contributed by atoms with Crippen LogP contribution in [0.15, 0.2) is 108 Å². The summed E-state index contributed by atoms with van der Waals surface area (Å²) < 4.78 is 48.0. The van der Waals surface area contributed by atoms with Crippen molar-refractivity contribution in [3.63, 3.8) is 0 Å². The number of alkyl halides is 3. The predicted molar refractivity (Wildman–Crippen MR) is 229 cm³/mol. The lowest BCUT2D eigenvalue weighted by Gasteiger charge is -2.32. The highest BCUT2D eigenvalue weighted by Gasteiger charge is 2.31. The van der Waals surface area contributed by atoms with Crippen LogP contribution in [-0.4, -0.2) is 54.0 Å². The fourth-order valence-corrected chi connectivity index (χ4v) is 8.62. The zero-order chi connectivity index (χ0) is 42.2. The Hall–Kier alpha value is -4.36. The van der Waals surface area contributed by atoms with Crippen molar-refractivity contribution < 1.29 is 37.3 Å². The van der Waals surface area contributed by atoms with Crippen molar-refractivity contribution in [2.75, 3.05) is 19.6 Å². The summed E-state index contributed by atoms with van der Waals surface area (Å²) in [5.74, 6) is 0.566. The van der Waals surface area contributed by atoms with Crippen LogP contribution in [0.3, 0.4) is 0 Å². The zero-order valence-corrected chi connectivity index (χ0v) is 35.3. The molecular weight excluding hydrogens is 788 g/mol. The smallest absolute Gasteiger partial charge is 0.416 e. The Bertz CT molecular complexity index is 1880. The zero-order valence-electron chi connectivity index (χ0n) is 34.5. The van der Waals surface area contributed by atoms with Gasteiger partial charge in [0.25, 0.3) is 11.8 Å². The number of aryl methyl sites for hydroxylation is 2. The van der Waals surface area contributed by atoms with Crippen molar-refractivity contribution >= 4 is 23.8 Å². The third kappa shape index (κ3) is 15.0. The van der Waals surface area contributed by atoms with Gasteiger partial charge < -0.3 is 15.4 Å². The summed E-state index contributed by atoms with van der Waals surface area (Å²) in [6.07, 6.45) is 3.15. The van der Waals surface area contributed by atoms with Crippen LogP contribution in [0.2, 0.25) is 0 Å². The topological polar surface area (TPSA) is 89.1 Å². The number of benzene rings is 4. The van der Waals surface area contributed by atoms with Crippen LogP contribution in [0.5, 0.6) is 5.75 Å². The fourth-order valence-electron chi connectivity index (χ4n) is 7.67. The van der Waals surface area contributed by atoms with Crippen molar-refractivity contribution in [1.82, 2.24) is 14.9 Å². The molecule has 1 heterocycles. The third-order valence-electron chi connectivity index (χ3n) is 11.4. The summed E-state index contributed by atoms with van der Waals surface area (Å²) in [5, 5.41) is 6.17. The first-order chi connectivity index (χ1) is 29.1. The number of amides is 2. The van der Waals surface area contributed by atoms with E-state index in [1.165, 1.54) is 41.9 Å². The SMILES string of the molecule is Cc1ccc(SN2CCC(NC(=O)C(CCC3CCCCC3)OOC(CCc3ccc(C(F)(F)F)cc3)C(=O)NCCc3ccc(OCc4ccccc4)cc3)CC2)cc1. The average Bonchev–Trinajstić information content (AvgIpc) is 3.26. The Kier molecular flexibility index (Phi) is 17.3. The largest absolute Gasteiger partial charge is 0.489 e. The Morgan fingerprint density at radius 2 is 1.37 bits per heavy atom. The first-order valence-electron chi connectivity index (χ1n) is 21.4. The molecule has 1 saturated carbocycles. The highest BCUT2D eigenvalue weighted by atomic mass is 32.2. The van der Waals surface area contributed by atoms with Gasteiger partial charge >= 0.3 is 6.18 Å². The van der Waals surface area contributed by atoms with Gasteiger partial charge in [-0.1, -0.05) is 104 Å². The summed E-state index contributed by atoms with van der Waals surface area (Å²) in [6, 6.07) is 31.0. The molecule has 8 nitrogen and oxygen atoms in total. The number of halogens is 3. The molecule has 1 aliphatic heterocycles. The fraction of sp³-hybridized carbons (Fsp3) is 0.458. The lowest BCUT2D eigenvalue weighted by molar-refractivity contribution is -0.338. The highest BCUT2D eigenvalue weighted by molar-refractivity contribution is 7.97. The molecule has 322 valence electrons. The van der Waals surface area contributed by atoms with Crippen LogP contribution >= 0.6 is 11.9 Å². The Morgan fingerprint density at radius 3 is 2.03 bits per heavy atom. The van der Waals surface area contributed by atoms with Gasteiger partial charge in [-0.25, -0.2) is 14.1 Å². The maximum absolute atomic E-state index is 13.9. The van der Waals surface area contributed by atoms with E-state index in [9.17, 15) is 22.8 Å². The molecular formula is C48H58F3N3O5S. The molecule has 0 spiro atoms. The van der Waals surface area contributed by atoms with E-state index in [1.807, 2.05) is 54.6 Å². The van der Waals surface area contributed by atoms with Crippen LogP contribution in [0.1, 0.15) is 92.0 Å². The number of piperidine rings is 1. The molecule has 2 aliphatic rings. The monoisotopic (exact) mass is 845 g/mol. The van der Waals surface area contributed by atoms with E-state index in [0.717, 1.165) is 74.2 Å². The minimum Gasteiger partial charge on any atom is -0.489 e. The second-order valence-electron chi connectivity index (χ2n) is 16.1. The molecule has 1 aliphatic carbocycles. The molecule has 6 rings (SSSR count). The summed E-state index contributed by atoms with van der Waals surface area (Å²) >= 11 is 1.73. The van der Waals surface area contributed by atoms with Crippen molar-refractivity contribution in [2.24, 2.45) is 5.92 Å². The first kappa shape index (κ1) is 45.2. The summed E-state index contributed by atoms with van der Waals surface area (Å²) in [7, 11) is 0. The van der Waals surface area contributed by atoms with Crippen LogP contribution in [0.25, 0.3) is 0 Å². The number of rotatable bonds is 20. The molecule has 0 radical (unpaired) electrons. The van der Waals surface area contributed by atoms with Crippen molar-refractivity contribution in [3.8, 4) is 5.75 Å². The summed E-state index contributed by atoms with van der Waals surface area (Å²) in [5.41, 5.74) is 3.18. The van der Waals surface area contributed by atoms with Gasteiger partial charge in [0.2, 0.25) is 0 Å². The molecule has 2 amide bonds.